The molecule has 0 aromatic heterocycles. The summed E-state index contributed by atoms with van der Waals surface area (Å²) in [5, 5.41) is -13.8. The molecule has 0 aliphatic heterocycles. The number of rotatable bonds is 21. The van der Waals surface area contributed by atoms with Crippen molar-refractivity contribution >= 4 is 83.5 Å². The molecule has 0 N–H and O–H groups in total. The van der Waals surface area contributed by atoms with Gasteiger partial charge >= 0.3 is 85.1 Å². The molecule has 12 nitrogen and oxygen atoms in total. The Morgan fingerprint density at radius 2 is 0.895 bits per heavy atom. The number of hydrogen-bond donors (Lipinski definition) is 0. The van der Waals surface area contributed by atoms with Crippen LogP contribution >= 0.6 is 45.2 Å². The lowest BCUT2D eigenvalue weighted by molar-refractivity contribution is -0.457. The lowest BCUT2D eigenvalue weighted by atomic mass is 9.90. The molecule has 0 radical (unpaired) electrons. The Morgan fingerprint density at radius 3 is 1.19 bits per heavy atom. The molecule has 0 saturated carbocycles. The van der Waals surface area contributed by atoms with Crippen LogP contribution in [0.15, 0.2) is 0 Å². The minimum absolute atomic E-state index is 0.338. The second-order valence-corrected chi connectivity index (χ2v) is 17.2. The van der Waals surface area contributed by atoms with Gasteiger partial charge in [-0.2, -0.15) is 87.1 Å². The van der Waals surface area contributed by atoms with Crippen molar-refractivity contribution in [1.82, 2.24) is 0 Å². The third kappa shape index (κ3) is 14.5. The van der Waals surface area contributed by atoms with Crippen LogP contribution in [0.1, 0.15) is 40.0 Å². The molecule has 0 aliphatic rings. The van der Waals surface area contributed by atoms with Crippen LogP contribution in [0.5, 0.6) is 0 Å². The zero-order valence-electron chi connectivity index (χ0n) is 28.0. The van der Waals surface area contributed by atoms with Crippen molar-refractivity contribution in [1.29, 1.82) is 0 Å². The third-order valence-corrected chi connectivity index (χ3v) is 9.53. The van der Waals surface area contributed by atoms with Gasteiger partial charge in [0, 0.05) is 12.8 Å². The molecule has 0 saturated heterocycles. The lowest BCUT2D eigenvalue weighted by Crippen LogP contribution is -2.56. The SMILES string of the molecule is CCOC(=O)C(CC(C)(I)C(=O)OC)CC(F)(F)C(F)(F)OC(F)(F)C(F)(F)S(=O)(=O)F.CCOC(=O)C(I)CC(F)(F)C(F)(F)OC(F)(F)C(F)(F)S(=O)(=O)F. The molecule has 0 aromatic rings. The molecule has 0 heterocycles. The smallest absolute Gasteiger partial charge is 0.464 e. The molecule has 0 aromatic carbocycles. The van der Waals surface area contributed by atoms with Crippen molar-refractivity contribution in [3.63, 3.8) is 0 Å². The molecule has 3 unspecified atom stereocenters. The molecule has 0 aliphatic carbocycles. The lowest BCUT2D eigenvalue weighted by Gasteiger charge is -2.33. The van der Waals surface area contributed by atoms with E-state index in [0.717, 1.165) is 36.6 Å². The molecule has 0 spiro atoms. The highest BCUT2D eigenvalue weighted by atomic mass is 127. The molecule has 0 rings (SSSR count). The van der Waals surface area contributed by atoms with E-state index < -0.39 is 124 Å². The molecule has 34 heteroatoms. The Hall–Kier alpha value is -1.57. The summed E-state index contributed by atoms with van der Waals surface area (Å²) in [5.74, 6) is -17.9. The number of carbonyl (C=O) groups excluding carboxylic acids is 3. The highest BCUT2D eigenvalue weighted by Crippen LogP contribution is 2.51. The summed E-state index contributed by atoms with van der Waals surface area (Å²) < 4.78 is 290. The van der Waals surface area contributed by atoms with E-state index in [0.29, 0.717) is 0 Å². The maximum absolute atomic E-state index is 14.1. The number of hydrogen-bond acceptors (Lipinski definition) is 12. The standard InChI is InChI=1S/C14H16F9IO7S.C9H8F9IO5S/c1-4-30-8(25)7(5-10(2,24)9(26)29-3)6-11(15,16)12(17,18)31-13(19,20)14(21,22)32(23,27)28;1-2-23-5(20)4(19)3-6(10,11)7(12,13)24-8(14,15)9(16,17)25(18,21)22/h7H,4-6H2,1-3H3;4H,2-3H2,1H3. The Kier molecular flexibility index (Phi) is 19.6. The van der Waals surface area contributed by atoms with Gasteiger partial charge in [0.05, 0.1) is 26.2 Å². The minimum atomic E-state index is -7.57. The highest BCUT2D eigenvalue weighted by Gasteiger charge is 2.76. The first-order valence-electron chi connectivity index (χ1n) is 13.9. The minimum Gasteiger partial charge on any atom is -0.468 e. The molecule has 3 atom stereocenters. The Morgan fingerprint density at radius 1 is 0.579 bits per heavy atom. The predicted octanol–water partition coefficient (Wildman–Crippen LogP) is 7.52. The first kappa shape index (κ1) is 57.5. The number of methoxy groups -OCH3 is 1. The van der Waals surface area contributed by atoms with Crippen LogP contribution in [0.4, 0.5) is 78.0 Å². The van der Waals surface area contributed by atoms with Crippen molar-refractivity contribution in [3.05, 3.63) is 0 Å². The van der Waals surface area contributed by atoms with Gasteiger partial charge in [0.25, 0.3) is 0 Å². The van der Waals surface area contributed by atoms with Crippen LogP contribution in [-0.2, 0) is 58.5 Å². The van der Waals surface area contributed by atoms with E-state index in [4.69, 9.17) is 0 Å². The van der Waals surface area contributed by atoms with Gasteiger partial charge in [-0.05, 0) is 27.2 Å². The second kappa shape index (κ2) is 19.4. The molecule has 0 fully saturated rings. The van der Waals surface area contributed by atoms with Gasteiger partial charge in [-0.15, -0.1) is 0 Å². The van der Waals surface area contributed by atoms with E-state index >= 15 is 0 Å². The summed E-state index contributed by atoms with van der Waals surface area (Å²) in [4.78, 5) is 34.7. The van der Waals surface area contributed by atoms with Gasteiger partial charge < -0.3 is 14.2 Å². The Balaban J connectivity index is 0. The molecular formula is C23H24F18I2O12S2. The summed E-state index contributed by atoms with van der Waals surface area (Å²) >= 11 is 2.21. The quantitative estimate of drug-likeness (QED) is 0.0278. The average molecular weight is 1150 g/mol. The van der Waals surface area contributed by atoms with E-state index in [9.17, 15) is 109 Å². The summed E-state index contributed by atoms with van der Waals surface area (Å²) in [6, 6.07) is 0. The number of alkyl halides is 18. The molecule has 0 bridgehead atoms. The number of carbonyl (C=O) groups is 3. The maximum Gasteiger partial charge on any atom is 0.464 e. The fourth-order valence-electron chi connectivity index (χ4n) is 3.22. The fourth-order valence-corrected chi connectivity index (χ4v) is 5.36. The number of halogens is 20. The third-order valence-electron chi connectivity index (χ3n) is 6.00. The maximum atomic E-state index is 14.1. The van der Waals surface area contributed by atoms with Gasteiger partial charge in [0.2, 0.25) is 0 Å². The van der Waals surface area contributed by atoms with E-state index in [1.54, 1.807) is 0 Å². The Labute approximate surface area is 335 Å². The van der Waals surface area contributed by atoms with Crippen molar-refractivity contribution in [3.8, 4) is 0 Å². The van der Waals surface area contributed by atoms with Crippen LogP contribution in [-0.4, -0.2) is 109 Å². The first-order chi connectivity index (χ1) is 24.8. The van der Waals surface area contributed by atoms with Crippen LogP contribution in [0.2, 0.25) is 0 Å². The topological polar surface area (TPSA) is 166 Å². The van der Waals surface area contributed by atoms with Gasteiger partial charge in [0.1, 0.15) is 7.35 Å². The number of ether oxygens (including phenoxy) is 5. The summed E-state index contributed by atoms with van der Waals surface area (Å²) in [7, 11) is -14.2. The molecule has 57 heavy (non-hydrogen) atoms. The summed E-state index contributed by atoms with van der Waals surface area (Å²) in [6.07, 6.45) is -32.3. The monoisotopic (exact) mass is 1150 g/mol. The first-order valence-corrected chi connectivity index (χ1v) is 19.0. The van der Waals surface area contributed by atoms with Crippen molar-refractivity contribution in [2.75, 3.05) is 20.3 Å². The van der Waals surface area contributed by atoms with E-state index in [1.165, 1.54) is 36.4 Å². The van der Waals surface area contributed by atoms with Crippen LogP contribution in [0, 0.1) is 5.92 Å². The van der Waals surface area contributed by atoms with Crippen molar-refractivity contribution in [2.45, 2.75) is 94.2 Å². The zero-order valence-corrected chi connectivity index (χ0v) is 33.9. The normalized spacial score (nSPS) is 16.4. The average Bonchev–Trinajstić information content (AvgIpc) is 2.97. The van der Waals surface area contributed by atoms with E-state index in [1.807, 2.05) is 4.74 Å². The van der Waals surface area contributed by atoms with Crippen molar-refractivity contribution in [2.24, 2.45) is 5.92 Å². The van der Waals surface area contributed by atoms with Gasteiger partial charge in [-0.25, -0.2) is 9.47 Å². The Bertz CT molecular complexity index is 1630. The summed E-state index contributed by atoms with van der Waals surface area (Å²) in [6.45, 7) is 2.67. The molecular weight excluding hydrogens is 1130 g/mol. The van der Waals surface area contributed by atoms with Crippen LogP contribution in [0.3, 0.4) is 0 Å². The predicted molar refractivity (Wildman–Crippen MR) is 165 cm³/mol. The highest BCUT2D eigenvalue weighted by molar-refractivity contribution is 14.1. The van der Waals surface area contributed by atoms with Gasteiger partial charge in [-0.3, -0.25) is 14.4 Å². The molecule has 0 amide bonds. The van der Waals surface area contributed by atoms with Gasteiger partial charge in [0.15, 0.2) is 0 Å². The molecule has 340 valence electrons. The fraction of sp³-hybridized carbons (Fsp3) is 0.870. The largest absolute Gasteiger partial charge is 0.468 e. The van der Waals surface area contributed by atoms with Crippen molar-refractivity contribution < 1.29 is 133 Å². The van der Waals surface area contributed by atoms with Crippen LogP contribution < -0.4 is 0 Å². The van der Waals surface area contributed by atoms with E-state index in [-0.39, 0.29) is 6.61 Å². The van der Waals surface area contributed by atoms with Crippen LogP contribution in [0.25, 0.3) is 0 Å². The van der Waals surface area contributed by atoms with Gasteiger partial charge in [-0.1, -0.05) is 53.0 Å². The number of esters is 3. The zero-order chi connectivity index (χ0) is 46.5. The second-order valence-electron chi connectivity index (χ2n) is 10.6. The van der Waals surface area contributed by atoms with E-state index in [2.05, 4.69) is 18.9 Å². The summed E-state index contributed by atoms with van der Waals surface area (Å²) in [5.41, 5.74) is 0.